The summed E-state index contributed by atoms with van der Waals surface area (Å²) >= 11 is 0. The average molecular weight is 371 g/mol. The highest BCUT2D eigenvalue weighted by molar-refractivity contribution is 6.04. The van der Waals surface area contributed by atoms with Crippen molar-refractivity contribution in [1.82, 2.24) is 9.88 Å². The van der Waals surface area contributed by atoms with E-state index in [2.05, 4.69) is 34.2 Å². The number of rotatable bonds is 6. The second kappa shape index (κ2) is 8.58. The zero-order chi connectivity index (χ0) is 20.1. The summed E-state index contributed by atoms with van der Waals surface area (Å²) in [6.07, 6.45) is 2.54. The van der Waals surface area contributed by atoms with E-state index >= 15 is 0 Å². The van der Waals surface area contributed by atoms with Gasteiger partial charge in [-0.05, 0) is 38.0 Å². The highest BCUT2D eigenvalue weighted by Crippen LogP contribution is 2.28. The highest BCUT2D eigenvalue weighted by atomic mass is 16.1. The molecule has 0 bridgehead atoms. The van der Waals surface area contributed by atoms with E-state index < -0.39 is 0 Å². The molecule has 0 saturated carbocycles. The zero-order valence-corrected chi connectivity index (χ0v) is 16.6. The lowest BCUT2D eigenvalue weighted by Gasteiger charge is -2.10. The molecular weight excluding hydrogens is 346 g/mol. The van der Waals surface area contributed by atoms with Crippen molar-refractivity contribution in [2.24, 2.45) is 0 Å². The number of aromatic nitrogens is 1. The normalized spacial score (nSPS) is 12.6. The summed E-state index contributed by atoms with van der Waals surface area (Å²) < 4.78 is 2.23. The van der Waals surface area contributed by atoms with Crippen LogP contribution < -0.4 is 5.32 Å². The Labute approximate surface area is 166 Å². The van der Waals surface area contributed by atoms with Crippen molar-refractivity contribution in [2.45, 2.75) is 39.8 Å². The van der Waals surface area contributed by atoms with E-state index in [1.807, 2.05) is 57.2 Å². The minimum Gasteiger partial charge on any atom is -0.349 e. The maximum Gasteiger partial charge on any atom is 0.262 e. The van der Waals surface area contributed by atoms with E-state index in [0.717, 1.165) is 35.1 Å². The summed E-state index contributed by atoms with van der Waals surface area (Å²) in [6, 6.07) is 20.5. The van der Waals surface area contributed by atoms with E-state index in [0.29, 0.717) is 0 Å². The molecule has 1 N–H and O–H groups in total. The fraction of sp³-hybridized carbons (Fsp3) is 0.250. The predicted molar refractivity (Wildman–Crippen MR) is 114 cm³/mol. The number of benzene rings is 2. The molecule has 4 heteroatoms. The molecular formula is C24H25N3O. The zero-order valence-electron chi connectivity index (χ0n) is 16.6. The number of hydrogen-bond acceptors (Lipinski definition) is 2. The Hall–Kier alpha value is -3.32. The van der Waals surface area contributed by atoms with Crippen LogP contribution >= 0.6 is 0 Å². The minimum atomic E-state index is -0.323. The molecule has 4 nitrogen and oxygen atoms in total. The second-order valence-electron chi connectivity index (χ2n) is 7.04. The van der Waals surface area contributed by atoms with Gasteiger partial charge in [0.05, 0.1) is 0 Å². The smallest absolute Gasteiger partial charge is 0.262 e. The molecule has 28 heavy (non-hydrogen) atoms. The average Bonchev–Trinajstić information content (AvgIpc) is 2.98. The lowest BCUT2D eigenvalue weighted by Crippen LogP contribution is -2.32. The monoisotopic (exact) mass is 371 g/mol. The molecule has 0 spiro atoms. The highest BCUT2D eigenvalue weighted by Gasteiger charge is 2.16. The molecule has 0 aliphatic carbocycles. The van der Waals surface area contributed by atoms with Crippen LogP contribution in [0.15, 0.2) is 60.2 Å². The summed E-state index contributed by atoms with van der Waals surface area (Å²) in [5.74, 6) is -0.323. The number of nitrogens with zero attached hydrogens (tertiary/aromatic N) is 2. The van der Waals surface area contributed by atoms with Gasteiger partial charge in [-0.25, -0.2) is 0 Å². The van der Waals surface area contributed by atoms with Gasteiger partial charge in [-0.3, -0.25) is 4.79 Å². The van der Waals surface area contributed by atoms with E-state index in [1.165, 1.54) is 5.56 Å². The third-order valence-electron chi connectivity index (χ3n) is 5.11. The summed E-state index contributed by atoms with van der Waals surface area (Å²) in [5, 5.41) is 13.5. The van der Waals surface area contributed by atoms with Gasteiger partial charge >= 0.3 is 0 Å². The fourth-order valence-electron chi connectivity index (χ4n) is 3.31. The van der Waals surface area contributed by atoms with Crippen molar-refractivity contribution >= 4 is 22.9 Å². The number of fused-ring (bicyclic) bond motifs is 1. The molecule has 0 unspecified atom stereocenters. The Bertz CT molecular complexity index is 1050. The van der Waals surface area contributed by atoms with Gasteiger partial charge in [0.15, 0.2) is 0 Å². The molecule has 142 valence electrons. The molecule has 0 aliphatic rings. The Kier molecular flexibility index (Phi) is 5.96. The Morgan fingerprint density at radius 1 is 1.18 bits per heavy atom. The summed E-state index contributed by atoms with van der Waals surface area (Å²) in [6.45, 7) is 6.71. The third-order valence-corrected chi connectivity index (χ3v) is 5.11. The van der Waals surface area contributed by atoms with Crippen LogP contribution in [0.5, 0.6) is 0 Å². The Morgan fingerprint density at radius 3 is 2.54 bits per heavy atom. The number of amides is 1. The van der Waals surface area contributed by atoms with Gasteiger partial charge in [0.1, 0.15) is 11.6 Å². The minimum absolute atomic E-state index is 0.0322. The lowest BCUT2D eigenvalue weighted by molar-refractivity contribution is -0.117. The number of hydrogen-bond donors (Lipinski definition) is 1. The van der Waals surface area contributed by atoms with Gasteiger partial charge < -0.3 is 9.88 Å². The largest absolute Gasteiger partial charge is 0.349 e. The SMILES string of the molecule is CC[C@H](C)NC(=O)/C(C#N)=C/c1c(C)n(Cc2ccccc2)c2ccccc12. The number of para-hydroxylation sites is 1. The Balaban J connectivity index is 2.07. The summed E-state index contributed by atoms with van der Waals surface area (Å²) in [5.41, 5.74) is 4.38. The van der Waals surface area contributed by atoms with Crippen molar-refractivity contribution in [3.05, 3.63) is 77.0 Å². The first-order valence-electron chi connectivity index (χ1n) is 9.59. The first-order chi connectivity index (χ1) is 13.5. The Morgan fingerprint density at radius 2 is 1.86 bits per heavy atom. The van der Waals surface area contributed by atoms with Gasteiger partial charge in [-0.1, -0.05) is 55.5 Å². The van der Waals surface area contributed by atoms with Crippen LogP contribution in [0.2, 0.25) is 0 Å². The quantitative estimate of drug-likeness (QED) is 0.499. The number of nitrogens with one attached hydrogen (secondary N) is 1. The van der Waals surface area contributed by atoms with Crippen LogP contribution in [0, 0.1) is 18.3 Å². The second-order valence-corrected chi connectivity index (χ2v) is 7.04. The maximum atomic E-state index is 12.5. The van der Waals surface area contributed by atoms with Crippen LogP contribution in [0.1, 0.15) is 37.1 Å². The van der Waals surface area contributed by atoms with E-state index in [1.54, 1.807) is 6.08 Å². The van der Waals surface area contributed by atoms with E-state index in [4.69, 9.17) is 0 Å². The molecule has 0 aliphatic heterocycles. The summed E-state index contributed by atoms with van der Waals surface area (Å²) in [4.78, 5) is 12.5. The molecule has 3 aromatic rings. The van der Waals surface area contributed by atoms with Crippen LogP contribution in [0.4, 0.5) is 0 Å². The molecule has 0 fully saturated rings. The van der Waals surface area contributed by atoms with Crippen molar-refractivity contribution in [3.63, 3.8) is 0 Å². The van der Waals surface area contributed by atoms with Gasteiger partial charge in [0.2, 0.25) is 0 Å². The number of carbonyl (C=O) groups is 1. The summed E-state index contributed by atoms with van der Waals surface area (Å²) in [7, 11) is 0. The molecule has 2 aromatic carbocycles. The van der Waals surface area contributed by atoms with Gasteiger partial charge in [-0.15, -0.1) is 0 Å². The molecule has 1 aromatic heterocycles. The van der Waals surface area contributed by atoms with Crippen LogP contribution in [0.3, 0.4) is 0 Å². The number of nitriles is 1. The van der Waals surface area contributed by atoms with Crippen molar-refractivity contribution in [3.8, 4) is 6.07 Å². The third kappa shape index (κ3) is 3.99. The van der Waals surface area contributed by atoms with Crippen molar-refractivity contribution in [2.75, 3.05) is 0 Å². The van der Waals surface area contributed by atoms with Gasteiger partial charge in [0, 0.05) is 34.7 Å². The van der Waals surface area contributed by atoms with Gasteiger partial charge in [0.25, 0.3) is 5.91 Å². The van der Waals surface area contributed by atoms with E-state index in [-0.39, 0.29) is 17.5 Å². The standard InChI is InChI=1S/C24H25N3O/c1-4-17(2)26-24(28)20(15-25)14-22-18(3)27(16-19-10-6-5-7-11-19)23-13-9-8-12-21(22)23/h5-14,17H,4,16H2,1-3H3,(H,26,28)/b20-14+/t17-/m0/s1. The molecule has 0 radical (unpaired) electrons. The van der Waals surface area contributed by atoms with Crippen LogP contribution in [0.25, 0.3) is 17.0 Å². The molecule has 0 saturated heterocycles. The van der Waals surface area contributed by atoms with Gasteiger partial charge in [-0.2, -0.15) is 5.26 Å². The molecule has 1 atom stereocenters. The van der Waals surface area contributed by atoms with Crippen molar-refractivity contribution < 1.29 is 4.79 Å². The lowest BCUT2D eigenvalue weighted by atomic mass is 10.1. The maximum absolute atomic E-state index is 12.5. The molecule has 3 rings (SSSR count). The van der Waals surface area contributed by atoms with Crippen LogP contribution in [-0.2, 0) is 11.3 Å². The fourth-order valence-corrected chi connectivity index (χ4v) is 3.31. The predicted octanol–water partition coefficient (Wildman–Crippen LogP) is 4.82. The van der Waals surface area contributed by atoms with Crippen molar-refractivity contribution in [1.29, 1.82) is 5.26 Å². The van der Waals surface area contributed by atoms with Crippen LogP contribution in [-0.4, -0.2) is 16.5 Å². The first-order valence-corrected chi connectivity index (χ1v) is 9.59. The topological polar surface area (TPSA) is 57.8 Å². The molecule has 1 heterocycles. The van der Waals surface area contributed by atoms with E-state index in [9.17, 15) is 10.1 Å². The number of carbonyl (C=O) groups excluding carboxylic acids is 1. The molecule has 1 amide bonds. The first kappa shape index (κ1) is 19.4.